The van der Waals surface area contributed by atoms with Crippen LogP contribution in [0, 0.1) is 5.82 Å². The van der Waals surface area contributed by atoms with E-state index in [0.29, 0.717) is 22.0 Å². The van der Waals surface area contributed by atoms with E-state index in [2.05, 4.69) is 10.3 Å². The number of rotatable bonds is 4. The third-order valence-corrected chi connectivity index (χ3v) is 4.60. The maximum absolute atomic E-state index is 13.8. The summed E-state index contributed by atoms with van der Waals surface area (Å²) in [6, 6.07) is 13.6. The molecule has 130 valence electrons. The third-order valence-electron chi connectivity index (χ3n) is 3.84. The van der Waals surface area contributed by atoms with Crippen LogP contribution in [-0.2, 0) is 0 Å². The first-order valence-electron chi connectivity index (χ1n) is 7.74. The molecule has 0 bridgehead atoms. The fourth-order valence-corrected chi connectivity index (χ4v) is 3.33. The molecule has 0 aliphatic carbocycles. The van der Waals surface area contributed by atoms with Gasteiger partial charge in [0.05, 0.1) is 24.1 Å². The van der Waals surface area contributed by atoms with Crippen molar-refractivity contribution in [3.05, 3.63) is 70.1 Å². The number of anilines is 2. The lowest BCUT2D eigenvalue weighted by molar-refractivity contribution is 0.417. The second-order valence-corrected chi connectivity index (χ2v) is 6.33. The lowest BCUT2D eigenvalue weighted by atomic mass is 10.1. The second-order valence-electron chi connectivity index (χ2n) is 5.47. The molecule has 2 aromatic carbocycles. The van der Waals surface area contributed by atoms with Gasteiger partial charge < -0.3 is 14.5 Å². The number of thiazole rings is 1. The standard InChI is InChI=1S/C19H13FN2O3S/c1-24-16-8-3-2-7-14(16)21-19-22-15(10-26-19)12-9-11-5-4-6-13(20)17(11)25-18(12)23/h2-10H,1H3,(H,21,22). The Bertz CT molecular complexity index is 1150. The van der Waals surface area contributed by atoms with Crippen LogP contribution in [0.15, 0.2) is 63.1 Å². The van der Waals surface area contributed by atoms with Gasteiger partial charge in [-0.15, -0.1) is 11.3 Å². The molecule has 4 aromatic rings. The quantitative estimate of drug-likeness (QED) is 0.524. The molecule has 1 N–H and O–H groups in total. The van der Waals surface area contributed by atoms with E-state index in [4.69, 9.17) is 9.15 Å². The SMILES string of the molecule is COc1ccccc1Nc1nc(-c2cc3cccc(F)c3oc2=O)cs1. The summed E-state index contributed by atoms with van der Waals surface area (Å²) >= 11 is 1.34. The number of para-hydroxylation sites is 3. The van der Waals surface area contributed by atoms with Crippen LogP contribution in [0.1, 0.15) is 0 Å². The molecule has 4 rings (SSSR count). The van der Waals surface area contributed by atoms with E-state index in [9.17, 15) is 9.18 Å². The summed E-state index contributed by atoms with van der Waals surface area (Å²) in [6.45, 7) is 0. The first-order chi connectivity index (χ1) is 12.7. The minimum absolute atomic E-state index is 0.0520. The van der Waals surface area contributed by atoms with Crippen molar-refractivity contribution in [3.63, 3.8) is 0 Å². The van der Waals surface area contributed by atoms with Crippen molar-refractivity contribution in [2.75, 3.05) is 12.4 Å². The van der Waals surface area contributed by atoms with Gasteiger partial charge in [0.2, 0.25) is 0 Å². The summed E-state index contributed by atoms with van der Waals surface area (Å²) in [7, 11) is 1.59. The van der Waals surface area contributed by atoms with Gasteiger partial charge in [-0.25, -0.2) is 14.2 Å². The number of hydrogen-bond acceptors (Lipinski definition) is 6. The molecule has 0 atom stereocenters. The summed E-state index contributed by atoms with van der Waals surface area (Å²) in [5, 5.41) is 6.02. The highest BCUT2D eigenvalue weighted by Gasteiger charge is 2.14. The van der Waals surface area contributed by atoms with Crippen LogP contribution in [0.3, 0.4) is 0 Å². The number of halogens is 1. The molecule has 0 saturated heterocycles. The van der Waals surface area contributed by atoms with Gasteiger partial charge in [-0.05, 0) is 24.3 Å². The molecule has 5 nitrogen and oxygen atoms in total. The fourth-order valence-electron chi connectivity index (χ4n) is 2.61. The number of fused-ring (bicyclic) bond motifs is 1. The second kappa shape index (κ2) is 6.61. The molecule has 0 unspecified atom stereocenters. The number of hydrogen-bond donors (Lipinski definition) is 1. The largest absolute Gasteiger partial charge is 0.495 e. The highest BCUT2D eigenvalue weighted by Crippen LogP contribution is 2.31. The molecule has 0 fully saturated rings. The summed E-state index contributed by atoms with van der Waals surface area (Å²) < 4.78 is 24.2. The minimum Gasteiger partial charge on any atom is -0.495 e. The van der Waals surface area contributed by atoms with Crippen LogP contribution in [0.5, 0.6) is 5.75 Å². The topological polar surface area (TPSA) is 64.4 Å². The van der Waals surface area contributed by atoms with Crippen LogP contribution >= 0.6 is 11.3 Å². The van der Waals surface area contributed by atoms with Crippen molar-refractivity contribution in [1.29, 1.82) is 0 Å². The molecule has 0 spiro atoms. The van der Waals surface area contributed by atoms with E-state index in [1.54, 1.807) is 30.7 Å². The zero-order valence-corrected chi connectivity index (χ0v) is 14.5. The molecule has 0 aliphatic heterocycles. The number of benzene rings is 2. The maximum Gasteiger partial charge on any atom is 0.345 e. The molecule has 0 amide bonds. The van der Waals surface area contributed by atoms with Gasteiger partial charge in [0, 0.05) is 10.8 Å². The Morgan fingerprint density at radius 3 is 2.88 bits per heavy atom. The Labute approximate surface area is 151 Å². The highest BCUT2D eigenvalue weighted by atomic mass is 32.1. The van der Waals surface area contributed by atoms with E-state index in [1.807, 2.05) is 24.3 Å². The molecule has 0 radical (unpaired) electrons. The van der Waals surface area contributed by atoms with E-state index < -0.39 is 11.4 Å². The monoisotopic (exact) mass is 368 g/mol. The zero-order valence-electron chi connectivity index (χ0n) is 13.7. The summed E-state index contributed by atoms with van der Waals surface area (Å²) in [4.78, 5) is 16.7. The first kappa shape index (κ1) is 16.3. The van der Waals surface area contributed by atoms with Crippen LogP contribution in [0.25, 0.3) is 22.2 Å². The Morgan fingerprint density at radius 2 is 2.04 bits per heavy atom. The van der Waals surface area contributed by atoms with Crippen molar-refractivity contribution < 1.29 is 13.5 Å². The summed E-state index contributed by atoms with van der Waals surface area (Å²) in [5.41, 5.74) is 0.837. The zero-order chi connectivity index (χ0) is 18.1. The summed E-state index contributed by atoms with van der Waals surface area (Å²) in [6.07, 6.45) is 0. The van der Waals surface area contributed by atoms with Crippen LogP contribution in [0.4, 0.5) is 15.2 Å². The van der Waals surface area contributed by atoms with Gasteiger partial charge in [0.15, 0.2) is 16.5 Å². The van der Waals surface area contributed by atoms with E-state index in [-0.39, 0.29) is 11.1 Å². The van der Waals surface area contributed by atoms with Crippen LogP contribution in [-0.4, -0.2) is 12.1 Å². The number of methoxy groups -OCH3 is 1. The van der Waals surface area contributed by atoms with Crippen molar-refractivity contribution in [2.45, 2.75) is 0 Å². The van der Waals surface area contributed by atoms with Gasteiger partial charge in [-0.3, -0.25) is 0 Å². The maximum atomic E-state index is 13.8. The molecule has 2 aromatic heterocycles. The Balaban J connectivity index is 1.71. The Kier molecular flexibility index (Phi) is 4.14. The number of ether oxygens (including phenoxy) is 1. The van der Waals surface area contributed by atoms with Crippen molar-refractivity contribution in [1.82, 2.24) is 4.98 Å². The van der Waals surface area contributed by atoms with E-state index in [0.717, 1.165) is 5.69 Å². The number of aromatic nitrogens is 1. The Hall–Kier alpha value is -3.19. The van der Waals surface area contributed by atoms with Crippen LogP contribution < -0.4 is 15.7 Å². The molecular formula is C19H13FN2O3S. The lowest BCUT2D eigenvalue weighted by Gasteiger charge is -2.08. The Morgan fingerprint density at radius 1 is 1.19 bits per heavy atom. The lowest BCUT2D eigenvalue weighted by Crippen LogP contribution is -2.03. The molecule has 2 heterocycles. The number of nitrogens with zero attached hydrogens (tertiary/aromatic N) is 1. The molecule has 7 heteroatoms. The fraction of sp³-hybridized carbons (Fsp3) is 0.0526. The average Bonchev–Trinajstić information content (AvgIpc) is 3.11. The van der Waals surface area contributed by atoms with Gasteiger partial charge in [0.25, 0.3) is 0 Å². The van der Waals surface area contributed by atoms with Gasteiger partial charge in [-0.1, -0.05) is 24.3 Å². The smallest absolute Gasteiger partial charge is 0.345 e. The van der Waals surface area contributed by atoms with Gasteiger partial charge in [-0.2, -0.15) is 0 Å². The van der Waals surface area contributed by atoms with E-state index in [1.165, 1.54) is 17.4 Å². The predicted molar refractivity (Wildman–Crippen MR) is 99.8 cm³/mol. The normalized spacial score (nSPS) is 10.8. The van der Waals surface area contributed by atoms with Gasteiger partial charge >= 0.3 is 5.63 Å². The van der Waals surface area contributed by atoms with E-state index >= 15 is 0 Å². The van der Waals surface area contributed by atoms with Crippen LogP contribution in [0.2, 0.25) is 0 Å². The summed E-state index contributed by atoms with van der Waals surface area (Å²) in [5.74, 6) is 0.118. The van der Waals surface area contributed by atoms with Crippen molar-refractivity contribution in [2.24, 2.45) is 0 Å². The van der Waals surface area contributed by atoms with Crippen molar-refractivity contribution in [3.8, 4) is 17.0 Å². The van der Waals surface area contributed by atoms with Crippen molar-refractivity contribution >= 4 is 33.1 Å². The average molecular weight is 368 g/mol. The molecule has 0 aliphatic rings. The number of nitrogens with one attached hydrogen (secondary N) is 1. The highest BCUT2D eigenvalue weighted by molar-refractivity contribution is 7.14. The molecule has 0 saturated carbocycles. The molecule has 26 heavy (non-hydrogen) atoms. The minimum atomic E-state index is -0.628. The third kappa shape index (κ3) is 2.93. The molecular weight excluding hydrogens is 355 g/mol. The van der Waals surface area contributed by atoms with Gasteiger partial charge in [0.1, 0.15) is 5.75 Å². The predicted octanol–water partition coefficient (Wildman–Crippen LogP) is 4.81. The first-order valence-corrected chi connectivity index (χ1v) is 8.62.